The fourth-order valence-corrected chi connectivity index (χ4v) is 2.81. The molecule has 2 rings (SSSR count). The van der Waals surface area contributed by atoms with Gasteiger partial charge < -0.3 is 15.3 Å². The van der Waals surface area contributed by atoms with Crippen LogP contribution in [0, 0.1) is 13.8 Å². The van der Waals surface area contributed by atoms with Crippen molar-refractivity contribution in [2.45, 2.75) is 39.7 Å². The average Bonchev–Trinajstić information content (AvgIpc) is 2.88. The summed E-state index contributed by atoms with van der Waals surface area (Å²) in [4.78, 5) is 2.55. The van der Waals surface area contributed by atoms with Crippen LogP contribution in [-0.2, 0) is 6.54 Å². The van der Waals surface area contributed by atoms with Crippen molar-refractivity contribution in [1.29, 1.82) is 0 Å². The highest BCUT2D eigenvalue weighted by Gasteiger charge is 2.10. The molecule has 3 heteroatoms. The lowest BCUT2D eigenvalue weighted by Crippen LogP contribution is -2.24. The SMILES string of the molecule is Cc1cc(CNCCCN2CCCC2)cc(C)c1O. The van der Waals surface area contributed by atoms with Gasteiger partial charge in [-0.15, -0.1) is 0 Å². The molecule has 0 unspecified atom stereocenters. The quantitative estimate of drug-likeness (QED) is 0.774. The van der Waals surface area contributed by atoms with Gasteiger partial charge >= 0.3 is 0 Å². The van der Waals surface area contributed by atoms with Crippen LogP contribution >= 0.6 is 0 Å². The van der Waals surface area contributed by atoms with E-state index >= 15 is 0 Å². The van der Waals surface area contributed by atoms with E-state index in [1.54, 1.807) is 0 Å². The number of phenolic OH excluding ortho intramolecular Hbond substituents is 1. The predicted octanol–water partition coefficient (Wildman–Crippen LogP) is 2.58. The molecule has 0 radical (unpaired) electrons. The second kappa shape index (κ2) is 6.92. The van der Waals surface area contributed by atoms with Crippen LogP contribution in [0.25, 0.3) is 0 Å². The van der Waals surface area contributed by atoms with E-state index in [-0.39, 0.29) is 0 Å². The van der Waals surface area contributed by atoms with Gasteiger partial charge in [0.2, 0.25) is 0 Å². The van der Waals surface area contributed by atoms with Crippen LogP contribution in [0.3, 0.4) is 0 Å². The molecule has 1 aromatic carbocycles. The minimum Gasteiger partial charge on any atom is -0.507 e. The molecule has 0 saturated carbocycles. The average molecular weight is 262 g/mol. The van der Waals surface area contributed by atoms with Crippen molar-refractivity contribution in [2.75, 3.05) is 26.2 Å². The van der Waals surface area contributed by atoms with Crippen molar-refractivity contribution in [2.24, 2.45) is 0 Å². The van der Waals surface area contributed by atoms with Crippen LogP contribution in [0.5, 0.6) is 5.75 Å². The van der Waals surface area contributed by atoms with E-state index in [0.29, 0.717) is 5.75 Å². The molecule has 1 aliphatic rings. The molecular weight excluding hydrogens is 236 g/mol. The van der Waals surface area contributed by atoms with E-state index in [2.05, 4.69) is 22.3 Å². The molecule has 0 bridgehead atoms. The smallest absolute Gasteiger partial charge is 0.121 e. The van der Waals surface area contributed by atoms with E-state index in [1.165, 1.54) is 44.5 Å². The number of nitrogens with one attached hydrogen (secondary N) is 1. The molecule has 0 atom stereocenters. The molecule has 0 spiro atoms. The number of benzene rings is 1. The van der Waals surface area contributed by atoms with Gasteiger partial charge in [0.25, 0.3) is 0 Å². The van der Waals surface area contributed by atoms with Crippen molar-refractivity contribution in [3.8, 4) is 5.75 Å². The molecule has 1 heterocycles. The third kappa shape index (κ3) is 4.22. The minimum atomic E-state index is 0.429. The highest BCUT2D eigenvalue weighted by Crippen LogP contribution is 2.22. The molecule has 1 fully saturated rings. The number of aromatic hydroxyl groups is 1. The molecule has 3 nitrogen and oxygen atoms in total. The van der Waals surface area contributed by atoms with Gasteiger partial charge in [-0.2, -0.15) is 0 Å². The van der Waals surface area contributed by atoms with Gasteiger partial charge in [0.05, 0.1) is 0 Å². The number of hydrogen-bond donors (Lipinski definition) is 2. The van der Waals surface area contributed by atoms with Crippen LogP contribution in [0.15, 0.2) is 12.1 Å². The zero-order valence-corrected chi connectivity index (χ0v) is 12.2. The van der Waals surface area contributed by atoms with Crippen LogP contribution in [0.2, 0.25) is 0 Å². The summed E-state index contributed by atoms with van der Waals surface area (Å²) in [5.74, 6) is 0.429. The first kappa shape index (κ1) is 14.4. The molecule has 0 amide bonds. The lowest BCUT2D eigenvalue weighted by Gasteiger charge is -2.14. The lowest BCUT2D eigenvalue weighted by molar-refractivity contribution is 0.331. The van der Waals surface area contributed by atoms with Crippen LogP contribution < -0.4 is 5.32 Å². The van der Waals surface area contributed by atoms with Crippen LogP contribution in [-0.4, -0.2) is 36.2 Å². The Kier molecular flexibility index (Phi) is 5.23. The summed E-state index contributed by atoms with van der Waals surface area (Å²) >= 11 is 0. The fourth-order valence-electron chi connectivity index (χ4n) is 2.81. The Hall–Kier alpha value is -1.06. The second-order valence-corrected chi connectivity index (χ2v) is 5.66. The third-order valence-corrected chi connectivity index (χ3v) is 3.91. The highest BCUT2D eigenvalue weighted by molar-refractivity contribution is 5.42. The van der Waals surface area contributed by atoms with Crippen molar-refractivity contribution >= 4 is 0 Å². The van der Waals surface area contributed by atoms with Crippen LogP contribution in [0.4, 0.5) is 0 Å². The molecule has 19 heavy (non-hydrogen) atoms. The Morgan fingerprint density at radius 1 is 1.16 bits per heavy atom. The normalized spacial score (nSPS) is 16.1. The highest BCUT2D eigenvalue weighted by atomic mass is 16.3. The monoisotopic (exact) mass is 262 g/mol. The van der Waals surface area contributed by atoms with E-state index in [1.807, 2.05) is 13.8 Å². The summed E-state index contributed by atoms with van der Waals surface area (Å²) in [5, 5.41) is 13.2. The standard InChI is InChI=1S/C16H26N2O/c1-13-10-15(11-14(2)16(13)19)12-17-6-5-9-18-7-3-4-8-18/h10-11,17,19H,3-9,12H2,1-2H3. The summed E-state index contributed by atoms with van der Waals surface area (Å²) in [5.41, 5.74) is 3.19. The lowest BCUT2D eigenvalue weighted by atomic mass is 10.1. The van der Waals surface area contributed by atoms with Crippen molar-refractivity contribution in [3.05, 3.63) is 28.8 Å². The molecule has 1 aliphatic heterocycles. The summed E-state index contributed by atoms with van der Waals surface area (Å²) in [6, 6.07) is 4.13. The number of nitrogens with zero attached hydrogens (tertiary/aromatic N) is 1. The molecule has 2 N–H and O–H groups in total. The van der Waals surface area contributed by atoms with Gasteiger partial charge in [-0.05, 0) is 76.0 Å². The zero-order chi connectivity index (χ0) is 13.7. The Balaban J connectivity index is 1.67. The van der Waals surface area contributed by atoms with E-state index in [4.69, 9.17) is 0 Å². The maximum atomic E-state index is 9.74. The number of likely N-dealkylation sites (tertiary alicyclic amines) is 1. The van der Waals surface area contributed by atoms with E-state index in [9.17, 15) is 5.11 Å². The van der Waals surface area contributed by atoms with Crippen molar-refractivity contribution in [1.82, 2.24) is 10.2 Å². The molecule has 106 valence electrons. The molecule has 0 aromatic heterocycles. The maximum absolute atomic E-state index is 9.74. The van der Waals surface area contributed by atoms with E-state index < -0.39 is 0 Å². The molecule has 1 saturated heterocycles. The third-order valence-electron chi connectivity index (χ3n) is 3.91. The Morgan fingerprint density at radius 3 is 2.42 bits per heavy atom. The molecular formula is C16H26N2O. The van der Waals surface area contributed by atoms with Crippen molar-refractivity contribution in [3.63, 3.8) is 0 Å². The van der Waals surface area contributed by atoms with Gasteiger partial charge in [0, 0.05) is 6.54 Å². The fraction of sp³-hybridized carbons (Fsp3) is 0.625. The first-order valence-electron chi connectivity index (χ1n) is 7.39. The van der Waals surface area contributed by atoms with Gasteiger partial charge in [-0.1, -0.05) is 12.1 Å². The Bertz CT molecular complexity index is 388. The maximum Gasteiger partial charge on any atom is 0.121 e. The first-order valence-corrected chi connectivity index (χ1v) is 7.39. The Morgan fingerprint density at radius 2 is 1.79 bits per heavy atom. The summed E-state index contributed by atoms with van der Waals surface area (Å²) in [7, 11) is 0. The zero-order valence-electron chi connectivity index (χ0n) is 12.2. The second-order valence-electron chi connectivity index (χ2n) is 5.66. The summed E-state index contributed by atoms with van der Waals surface area (Å²) in [6.45, 7) is 9.67. The minimum absolute atomic E-state index is 0.429. The number of rotatable bonds is 6. The number of hydrogen-bond acceptors (Lipinski definition) is 3. The Labute approximate surface area is 116 Å². The summed E-state index contributed by atoms with van der Waals surface area (Å²) < 4.78 is 0. The topological polar surface area (TPSA) is 35.5 Å². The van der Waals surface area contributed by atoms with Crippen molar-refractivity contribution < 1.29 is 5.11 Å². The summed E-state index contributed by atoms with van der Waals surface area (Å²) in [6.07, 6.45) is 3.97. The first-order chi connectivity index (χ1) is 9.16. The molecule has 1 aromatic rings. The molecule has 0 aliphatic carbocycles. The predicted molar refractivity (Wildman–Crippen MR) is 79.6 cm³/mol. The van der Waals surface area contributed by atoms with Gasteiger partial charge in [0.15, 0.2) is 0 Å². The number of aryl methyl sites for hydroxylation is 2. The van der Waals surface area contributed by atoms with Gasteiger partial charge in [0.1, 0.15) is 5.75 Å². The van der Waals surface area contributed by atoms with Gasteiger partial charge in [-0.25, -0.2) is 0 Å². The van der Waals surface area contributed by atoms with Crippen LogP contribution in [0.1, 0.15) is 36.0 Å². The van der Waals surface area contributed by atoms with E-state index in [0.717, 1.165) is 24.2 Å². The van der Waals surface area contributed by atoms with Gasteiger partial charge in [-0.3, -0.25) is 0 Å². The largest absolute Gasteiger partial charge is 0.507 e. The number of phenols is 1.